The Morgan fingerprint density at radius 2 is 1.08 bits per heavy atom. The Hall–Kier alpha value is -0.310. The van der Waals surface area contributed by atoms with Crippen molar-refractivity contribution in [1.82, 2.24) is 0 Å². The molecule has 0 radical (unpaired) electrons. The van der Waals surface area contributed by atoms with Gasteiger partial charge in [0.1, 0.15) is 30.5 Å². The Morgan fingerprint density at radius 3 is 1.38 bits per heavy atom. The van der Waals surface area contributed by atoms with Gasteiger partial charge in [0.05, 0.1) is 0 Å². The molecule has 1 rings (SSSR count). The molecule has 78 valence electrons. The summed E-state index contributed by atoms with van der Waals surface area (Å²) >= 11 is 0. The summed E-state index contributed by atoms with van der Waals surface area (Å²) in [7, 11) is 0. The van der Waals surface area contributed by atoms with Crippen molar-refractivity contribution in [1.29, 1.82) is 0 Å². The predicted molar refractivity (Wildman–Crippen MR) is 36.1 cm³/mol. The first-order valence-corrected chi connectivity index (χ1v) is 3.61. The number of hydrogen-bond acceptors (Lipinski definition) is 6. The molecule has 1 aliphatic rings. The minimum absolute atomic E-state index is 1.90. The Bertz CT molecular complexity index is 180. The van der Waals surface area contributed by atoms with Crippen molar-refractivity contribution in [3.05, 3.63) is 0 Å². The molecule has 13 heavy (non-hydrogen) atoms. The van der Waals surface area contributed by atoms with Crippen molar-refractivity contribution in [3.63, 3.8) is 0 Å². The van der Waals surface area contributed by atoms with Crippen LogP contribution in [-0.4, -0.2) is 67.0 Å². The van der Waals surface area contributed by atoms with E-state index in [4.69, 9.17) is 30.6 Å². The standard InChI is InChI=1S/C6H11FO6/c7-6(13)4(11)2(9)1(8)3(10)5(6)12/h1-5,8-13H/t1?,2-,3+,4-,5+,6?. The van der Waals surface area contributed by atoms with Crippen LogP contribution in [0.15, 0.2) is 0 Å². The third kappa shape index (κ3) is 1.43. The Labute approximate surface area is 72.5 Å². The number of alkyl halides is 1. The molecule has 7 heteroatoms. The van der Waals surface area contributed by atoms with Gasteiger partial charge in [-0.25, -0.2) is 4.39 Å². The highest BCUT2D eigenvalue weighted by Crippen LogP contribution is 2.31. The summed E-state index contributed by atoms with van der Waals surface area (Å²) in [6.07, 6.45) is -10.7. The van der Waals surface area contributed by atoms with E-state index in [1.165, 1.54) is 0 Å². The van der Waals surface area contributed by atoms with E-state index in [1.54, 1.807) is 0 Å². The van der Waals surface area contributed by atoms with E-state index in [-0.39, 0.29) is 0 Å². The van der Waals surface area contributed by atoms with E-state index >= 15 is 0 Å². The van der Waals surface area contributed by atoms with Crippen molar-refractivity contribution in [2.45, 2.75) is 36.4 Å². The van der Waals surface area contributed by atoms with Gasteiger partial charge in [-0.3, -0.25) is 0 Å². The van der Waals surface area contributed by atoms with Crippen LogP contribution in [0.1, 0.15) is 0 Å². The number of rotatable bonds is 0. The molecule has 1 aliphatic carbocycles. The molecule has 0 aromatic heterocycles. The lowest BCUT2D eigenvalue weighted by Gasteiger charge is -2.42. The van der Waals surface area contributed by atoms with Gasteiger partial charge >= 0.3 is 0 Å². The van der Waals surface area contributed by atoms with E-state index in [1.807, 2.05) is 0 Å². The molecule has 1 saturated carbocycles. The zero-order valence-corrected chi connectivity index (χ0v) is 6.45. The van der Waals surface area contributed by atoms with Crippen molar-refractivity contribution in [2.24, 2.45) is 0 Å². The molecule has 2 unspecified atom stereocenters. The first kappa shape index (κ1) is 10.8. The van der Waals surface area contributed by atoms with E-state index in [0.29, 0.717) is 0 Å². The largest absolute Gasteiger partial charge is 0.387 e. The van der Waals surface area contributed by atoms with Gasteiger partial charge in [-0.2, -0.15) is 0 Å². The summed E-state index contributed by atoms with van der Waals surface area (Å²) < 4.78 is 13.0. The smallest absolute Gasteiger partial charge is 0.264 e. The highest BCUT2D eigenvalue weighted by atomic mass is 19.2. The van der Waals surface area contributed by atoms with Crippen LogP contribution >= 0.6 is 0 Å². The first-order valence-electron chi connectivity index (χ1n) is 3.61. The fourth-order valence-corrected chi connectivity index (χ4v) is 1.23. The quantitative estimate of drug-likeness (QED) is 0.240. The van der Waals surface area contributed by atoms with Crippen molar-refractivity contribution < 1.29 is 35.0 Å². The SMILES string of the molecule is OC1[C@@H](O)[C@@H](O)C(O)(F)[C@@H](O)[C@H]1O. The van der Waals surface area contributed by atoms with Gasteiger partial charge in [-0.1, -0.05) is 0 Å². The molecule has 0 saturated heterocycles. The monoisotopic (exact) mass is 198 g/mol. The molecule has 6 nitrogen and oxygen atoms in total. The molecular formula is C6H11FO6. The summed E-state index contributed by atoms with van der Waals surface area (Å²) in [5.41, 5.74) is 0. The molecule has 0 aromatic carbocycles. The van der Waals surface area contributed by atoms with Gasteiger partial charge < -0.3 is 30.6 Å². The molecule has 1 fully saturated rings. The average Bonchev–Trinajstić information content (AvgIpc) is 2.09. The van der Waals surface area contributed by atoms with Crippen LogP contribution in [0.3, 0.4) is 0 Å². The second-order valence-corrected chi connectivity index (χ2v) is 3.09. The Kier molecular flexibility index (Phi) is 2.59. The summed E-state index contributed by atoms with van der Waals surface area (Å²) in [5, 5.41) is 53.2. The average molecular weight is 198 g/mol. The normalized spacial score (nSPS) is 57.9. The molecule has 0 spiro atoms. The van der Waals surface area contributed by atoms with E-state index in [9.17, 15) is 4.39 Å². The minimum Gasteiger partial charge on any atom is -0.387 e. The summed E-state index contributed by atoms with van der Waals surface area (Å²) in [6.45, 7) is 0. The Morgan fingerprint density at radius 1 is 0.769 bits per heavy atom. The first-order chi connectivity index (χ1) is 5.80. The van der Waals surface area contributed by atoms with E-state index in [2.05, 4.69) is 0 Å². The number of aliphatic hydroxyl groups is 6. The van der Waals surface area contributed by atoms with Crippen LogP contribution in [0.4, 0.5) is 4.39 Å². The van der Waals surface area contributed by atoms with Gasteiger partial charge in [0.2, 0.25) is 0 Å². The predicted octanol–water partition coefficient (Wildman–Crippen LogP) is -3.54. The van der Waals surface area contributed by atoms with Gasteiger partial charge in [0, 0.05) is 0 Å². The zero-order valence-electron chi connectivity index (χ0n) is 6.45. The molecule has 0 heterocycles. The highest BCUT2D eigenvalue weighted by Gasteiger charge is 2.58. The van der Waals surface area contributed by atoms with Crippen LogP contribution in [-0.2, 0) is 0 Å². The third-order valence-electron chi connectivity index (χ3n) is 2.18. The number of aliphatic hydroxyl groups excluding tert-OH is 5. The molecule has 0 amide bonds. The van der Waals surface area contributed by atoms with Crippen LogP contribution in [0.2, 0.25) is 0 Å². The fourth-order valence-electron chi connectivity index (χ4n) is 1.23. The summed E-state index contributed by atoms with van der Waals surface area (Å²) in [5.74, 6) is -3.53. The van der Waals surface area contributed by atoms with Crippen LogP contribution in [0.5, 0.6) is 0 Å². The molecule has 0 bridgehead atoms. The Balaban J connectivity index is 2.93. The third-order valence-corrected chi connectivity index (χ3v) is 2.18. The lowest BCUT2D eigenvalue weighted by atomic mass is 9.83. The summed E-state index contributed by atoms with van der Waals surface area (Å²) in [6, 6.07) is 0. The lowest BCUT2D eigenvalue weighted by molar-refractivity contribution is -0.314. The topological polar surface area (TPSA) is 121 Å². The summed E-state index contributed by atoms with van der Waals surface area (Å²) in [4.78, 5) is 0. The van der Waals surface area contributed by atoms with Gasteiger partial charge in [-0.05, 0) is 0 Å². The molecule has 6 N–H and O–H groups in total. The van der Waals surface area contributed by atoms with Gasteiger partial charge in [0.25, 0.3) is 5.85 Å². The zero-order chi connectivity index (χ0) is 10.4. The van der Waals surface area contributed by atoms with E-state index < -0.39 is 36.4 Å². The number of hydrogen-bond donors (Lipinski definition) is 6. The molecule has 0 aromatic rings. The molecule has 6 atom stereocenters. The maximum Gasteiger partial charge on any atom is 0.264 e. The lowest BCUT2D eigenvalue weighted by Crippen LogP contribution is -2.68. The van der Waals surface area contributed by atoms with Crippen LogP contribution < -0.4 is 0 Å². The second-order valence-electron chi connectivity index (χ2n) is 3.09. The van der Waals surface area contributed by atoms with Crippen molar-refractivity contribution in [2.75, 3.05) is 0 Å². The second kappa shape index (κ2) is 3.12. The molecular weight excluding hydrogens is 187 g/mol. The van der Waals surface area contributed by atoms with Gasteiger partial charge in [-0.15, -0.1) is 0 Å². The van der Waals surface area contributed by atoms with Crippen LogP contribution in [0.25, 0.3) is 0 Å². The van der Waals surface area contributed by atoms with E-state index in [0.717, 1.165) is 0 Å². The van der Waals surface area contributed by atoms with Crippen LogP contribution in [0, 0.1) is 0 Å². The fraction of sp³-hybridized carbons (Fsp3) is 1.00. The highest BCUT2D eigenvalue weighted by molar-refractivity contribution is 5.02. The van der Waals surface area contributed by atoms with Gasteiger partial charge in [0.15, 0.2) is 0 Å². The van der Waals surface area contributed by atoms with Crippen molar-refractivity contribution in [3.8, 4) is 0 Å². The molecule has 0 aliphatic heterocycles. The minimum atomic E-state index is -3.53. The van der Waals surface area contributed by atoms with Crippen molar-refractivity contribution >= 4 is 0 Å². The maximum atomic E-state index is 13.0. The number of halogens is 1. The maximum absolute atomic E-state index is 13.0.